The minimum Gasteiger partial charge on any atom is -0.321 e. The molecule has 0 saturated heterocycles. The van der Waals surface area contributed by atoms with Crippen molar-refractivity contribution in [3.8, 4) is 0 Å². The molecule has 5 heteroatoms. The van der Waals surface area contributed by atoms with Crippen molar-refractivity contribution in [3.63, 3.8) is 0 Å². The molecule has 1 unspecified atom stereocenters. The van der Waals surface area contributed by atoms with E-state index in [1.807, 2.05) is 27.7 Å². The lowest BCUT2D eigenvalue weighted by molar-refractivity contribution is 0.0889. The third-order valence-corrected chi connectivity index (χ3v) is 3.26. The molecule has 0 aliphatic heterocycles. The molecule has 0 saturated carbocycles. The Labute approximate surface area is 111 Å². The van der Waals surface area contributed by atoms with Crippen LogP contribution in [-0.2, 0) is 6.54 Å². The van der Waals surface area contributed by atoms with Gasteiger partial charge >= 0.3 is 0 Å². The van der Waals surface area contributed by atoms with Gasteiger partial charge in [0, 0.05) is 6.54 Å². The first-order chi connectivity index (χ1) is 7.79. The number of halogens is 1. The maximum Gasteiger partial charge on any atom is 0.199 e. The van der Waals surface area contributed by atoms with Crippen LogP contribution in [0.5, 0.6) is 0 Å². The van der Waals surface area contributed by atoms with Crippen molar-refractivity contribution in [2.75, 3.05) is 0 Å². The maximum atomic E-state index is 12.4. The summed E-state index contributed by atoms with van der Waals surface area (Å²) in [6.45, 7) is 8.66. The van der Waals surface area contributed by atoms with Crippen molar-refractivity contribution >= 4 is 21.7 Å². The lowest BCUT2D eigenvalue weighted by Crippen LogP contribution is -2.43. The van der Waals surface area contributed by atoms with Crippen molar-refractivity contribution in [2.45, 2.75) is 46.7 Å². The van der Waals surface area contributed by atoms with Crippen LogP contribution < -0.4 is 5.73 Å². The summed E-state index contributed by atoms with van der Waals surface area (Å²) >= 11 is 3.36. The number of nitrogens with zero attached hydrogens (tertiary/aromatic N) is 2. The molecule has 0 aliphatic carbocycles. The van der Waals surface area contributed by atoms with Crippen LogP contribution in [0.3, 0.4) is 0 Å². The standard InChI is InChI=1S/C12H20BrN3O/c1-5-6-16-9(8(13)7-15-16)10(17)11(14)12(2,3)4/h7,11H,5-6,14H2,1-4H3. The van der Waals surface area contributed by atoms with Crippen molar-refractivity contribution in [1.82, 2.24) is 9.78 Å². The van der Waals surface area contributed by atoms with E-state index in [2.05, 4.69) is 21.0 Å². The molecule has 0 fully saturated rings. The number of Topliss-reactive ketones (excluding diaryl/α,β-unsaturated/α-hetero) is 1. The summed E-state index contributed by atoms with van der Waals surface area (Å²) in [5.74, 6) is -0.0599. The largest absolute Gasteiger partial charge is 0.321 e. The van der Waals surface area contributed by atoms with E-state index in [1.165, 1.54) is 0 Å². The highest BCUT2D eigenvalue weighted by atomic mass is 79.9. The van der Waals surface area contributed by atoms with Gasteiger partial charge in [0.1, 0.15) is 5.69 Å². The smallest absolute Gasteiger partial charge is 0.199 e. The zero-order chi connectivity index (χ0) is 13.2. The Morgan fingerprint density at radius 1 is 1.59 bits per heavy atom. The minimum atomic E-state index is -0.522. The second kappa shape index (κ2) is 5.31. The first kappa shape index (κ1) is 14.4. The predicted molar refractivity (Wildman–Crippen MR) is 72.0 cm³/mol. The van der Waals surface area contributed by atoms with Gasteiger partial charge in [-0.05, 0) is 27.8 Å². The molecule has 1 heterocycles. The number of ketones is 1. The predicted octanol–water partition coefficient (Wildman–Crippen LogP) is 2.61. The molecule has 2 N–H and O–H groups in total. The van der Waals surface area contributed by atoms with Crippen LogP contribution in [0, 0.1) is 5.41 Å². The summed E-state index contributed by atoms with van der Waals surface area (Å²) in [5, 5.41) is 4.18. The van der Waals surface area contributed by atoms with Crippen molar-refractivity contribution in [2.24, 2.45) is 11.1 Å². The number of nitrogens with two attached hydrogens (primary N) is 1. The molecule has 0 bridgehead atoms. The fourth-order valence-electron chi connectivity index (χ4n) is 1.53. The Hall–Kier alpha value is -0.680. The number of hydrogen-bond acceptors (Lipinski definition) is 3. The molecule has 0 spiro atoms. The van der Waals surface area contributed by atoms with Crippen LogP contribution in [0.15, 0.2) is 10.7 Å². The van der Waals surface area contributed by atoms with Crippen molar-refractivity contribution in [1.29, 1.82) is 0 Å². The molecule has 0 radical (unpaired) electrons. The normalized spacial score (nSPS) is 13.8. The molecule has 1 rings (SSSR count). The quantitative estimate of drug-likeness (QED) is 0.870. The van der Waals surface area contributed by atoms with Gasteiger partial charge in [0.2, 0.25) is 0 Å². The number of carbonyl (C=O) groups is 1. The van der Waals surface area contributed by atoms with Crippen molar-refractivity contribution in [3.05, 3.63) is 16.4 Å². The van der Waals surface area contributed by atoms with E-state index in [0.717, 1.165) is 17.4 Å². The molecule has 1 aromatic rings. The molecule has 0 aromatic carbocycles. The molecule has 4 nitrogen and oxygen atoms in total. The number of aryl methyl sites for hydroxylation is 1. The average Bonchev–Trinajstić information content (AvgIpc) is 2.57. The third kappa shape index (κ3) is 3.16. The summed E-state index contributed by atoms with van der Waals surface area (Å²) in [6.07, 6.45) is 2.58. The Bertz CT molecular complexity index is 406. The van der Waals surface area contributed by atoms with Gasteiger partial charge in [-0.1, -0.05) is 27.7 Å². The molecule has 0 amide bonds. The highest BCUT2D eigenvalue weighted by molar-refractivity contribution is 9.10. The van der Waals surface area contributed by atoms with E-state index in [1.54, 1.807) is 10.9 Å². The van der Waals surface area contributed by atoms with Crippen LogP contribution in [0.4, 0.5) is 0 Å². The lowest BCUT2D eigenvalue weighted by atomic mass is 9.84. The molecular formula is C12H20BrN3O. The van der Waals surface area contributed by atoms with Gasteiger partial charge in [-0.25, -0.2) is 0 Å². The van der Waals surface area contributed by atoms with Gasteiger partial charge < -0.3 is 5.73 Å². The van der Waals surface area contributed by atoms with Crippen LogP contribution in [0.2, 0.25) is 0 Å². The second-order valence-electron chi connectivity index (χ2n) is 5.27. The van der Waals surface area contributed by atoms with Crippen LogP contribution in [0.1, 0.15) is 44.6 Å². The Balaban J connectivity index is 3.07. The van der Waals surface area contributed by atoms with Gasteiger partial charge in [-0.3, -0.25) is 9.48 Å². The van der Waals surface area contributed by atoms with Gasteiger partial charge in [0.05, 0.1) is 16.7 Å². The first-order valence-electron chi connectivity index (χ1n) is 5.80. The molecule has 17 heavy (non-hydrogen) atoms. The summed E-state index contributed by atoms with van der Waals surface area (Å²) < 4.78 is 2.44. The SMILES string of the molecule is CCCn1ncc(Br)c1C(=O)C(N)C(C)(C)C. The van der Waals surface area contributed by atoms with E-state index in [0.29, 0.717) is 5.69 Å². The third-order valence-electron chi connectivity index (χ3n) is 2.68. The Morgan fingerprint density at radius 2 is 2.18 bits per heavy atom. The van der Waals surface area contributed by atoms with Gasteiger partial charge in [-0.15, -0.1) is 0 Å². The first-order valence-corrected chi connectivity index (χ1v) is 6.59. The van der Waals surface area contributed by atoms with Gasteiger partial charge in [0.25, 0.3) is 0 Å². The Kier molecular flexibility index (Phi) is 4.49. The lowest BCUT2D eigenvalue weighted by Gasteiger charge is -2.25. The van der Waals surface area contributed by atoms with E-state index in [9.17, 15) is 4.79 Å². The monoisotopic (exact) mass is 301 g/mol. The van der Waals surface area contributed by atoms with Crippen LogP contribution in [-0.4, -0.2) is 21.6 Å². The highest BCUT2D eigenvalue weighted by Crippen LogP contribution is 2.24. The van der Waals surface area contributed by atoms with E-state index in [-0.39, 0.29) is 11.2 Å². The fourth-order valence-corrected chi connectivity index (χ4v) is 2.02. The molecule has 96 valence electrons. The number of aromatic nitrogens is 2. The summed E-state index contributed by atoms with van der Waals surface area (Å²) in [5.41, 5.74) is 6.33. The molecular weight excluding hydrogens is 282 g/mol. The minimum absolute atomic E-state index is 0.0599. The molecule has 1 atom stereocenters. The van der Waals surface area contributed by atoms with E-state index in [4.69, 9.17) is 5.73 Å². The zero-order valence-corrected chi connectivity index (χ0v) is 12.4. The summed E-state index contributed by atoms with van der Waals surface area (Å²) in [7, 11) is 0. The summed E-state index contributed by atoms with van der Waals surface area (Å²) in [6, 6.07) is -0.522. The molecule has 0 aliphatic rings. The highest BCUT2D eigenvalue weighted by Gasteiger charge is 2.31. The van der Waals surface area contributed by atoms with Gasteiger partial charge in [0.15, 0.2) is 5.78 Å². The second-order valence-corrected chi connectivity index (χ2v) is 6.13. The van der Waals surface area contributed by atoms with E-state index >= 15 is 0 Å². The number of rotatable bonds is 4. The van der Waals surface area contributed by atoms with Crippen LogP contribution >= 0.6 is 15.9 Å². The topological polar surface area (TPSA) is 60.9 Å². The average molecular weight is 302 g/mol. The summed E-state index contributed by atoms with van der Waals surface area (Å²) in [4.78, 5) is 12.4. The van der Waals surface area contributed by atoms with Gasteiger partial charge in [-0.2, -0.15) is 5.10 Å². The number of carbonyl (C=O) groups excluding carboxylic acids is 1. The van der Waals surface area contributed by atoms with E-state index < -0.39 is 6.04 Å². The maximum absolute atomic E-state index is 12.4. The fraction of sp³-hybridized carbons (Fsp3) is 0.667. The van der Waals surface area contributed by atoms with Crippen molar-refractivity contribution < 1.29 is 4.79 Å². The molecule has 1 aromatic heterocycles. The number of hydrogen-bond donors (Lipinski definition) is 1. The Morgan fingerprint density at radius 3 is 2.65 bits per heavy atom. The van der Waals surface area contributed by atoms with Crippen LogP contribution in [0.25, 0.3) is 0 Å². The zero-order valence-electron chi connectivity index (χ0n) is 10.8.